The minimum atomic E-state index is -0.309. The lowest BCUT2D eigenvalue weighted by molar-refractivity contribution is -0.140. The smallest absolute Gasteiger partial charge is 0.305 e. The number of carbonyl (C=O) groups is 2. The van der Waals surface area contributed by atoms with Gasteiger partial charge < -0.3 is 4.98 Å². The number of nitrogens with one attached hydrogen (secondary N) is 1. The lowest BCUT2D eigenvalue weighted by Gasteiger charge is -2.47. The molecule has 2 aromatic rings. The summed E-state index contributed by atoms with van der Waals surface area (Å²) >= 11 is 8.90. The lowest BCUT2D eigenvalue weighted by atomic mass is 9.64. The van der Waals surface area contributed by atoms with Crippen LogP contribution in [0.5, 0.6) is 0 Å². The van der Waals surface area contributed by atoms with Gasteiger partial charge in [0.1, 0.15) is 0 Å². The maximum absolute atomic E-state index is 13.3. The molecule has 2 bridgehead atoms. The van der Waals surface area contributed by atoms with Crippen molar-refractivity contribution >= 4 is 52.7 Å². The molecule has 6 atom stereocenters. The Morgan fingerprint density at radius 3 is 2.52 bits per heavy atom. The van der Waals surface area contributed by atoms with Gasteiger partial charge in [-0.3, -0.25) is 14.4 Å². The fourth-order valence-corrected chi connectivity index (χ4v) is 9.70. The van der Waals surface area contributed by atoms with Crippen LogP contribution in [-0.4, -0.2) is 33.3 Å². The van der Waals surface area contributed by atoms with Crippen molar-refractivity contribution in [1.82, 2.24) is 9.99 Å². The molecule has 3 fully saturated rings. The number of rotatable bonds is 2. The first kappa shape index (κ1) is 19.8. The van der Waals surface area contributed by atoms with Gasteiger partial charge in [0.25, 0.3) is 11.8 Å². The van der Waals surface area contributed by atoms with Gasteiger partial charge in [0.05, 0.1) is 23.1 Å². The van der Waals surface area contributed by atoms with Crippen LogP contribution >= 0.6 is 34.7 Å². The molecule has 6 rings (SSSR count). The van der Waals surface area contributed by atoms with Crippen molar-refractivity contribution in [3.8, 4) is 0 Å². The maximum atomic E-state index is 13.3. The minimum absolute atomic E-state index is 0.0343. The van der Waals surface area contributed by atoms with Gasteiger partial charge in [-0.1, -0.05) is 48.9 Å². The number of hydrazone groups is 1. The molecule has 9 heteroatoms. The highest BCUT2D eigenvalue weighted by molar-refractivity contribution is 8.00. The highest BCUT2D eigenvalue weighted by Gasteiger charge is 2.71. The number of amides is 2. The Labute approximate surface area is 192 Å². The Morgan fingerprint density at radius 1 is 1.13 bits per heavy atom. The number of H-pyrrole nitrogens is 1. The zero-order valence-electron chi connectivity index (χ0n) is 16.9. The fourth-order valence-electron chi connectivity index (χ4n) is 6.43. The summed E-state index contributed by atoms with van der Waals surface area (Å²) in [5, 5.41) is 7.16. The van der Waals surface area contributed by atoms with E-state index < -0.39 is 0 Å². The van der Waals surface area contributed by atoms with Gasteiger partial charge in [0.2, 0.25) is 0 Å². The second-order valence-corrected chi connectivity index (χ2v) is 12.0. The van der Waals surface area contributed by atoms with Crippen molar-refractivity contribution in [2.75, 3.05) is 0 Å². The highest BCUT2D eigenvalue weighted by Crippen LogP contribution is 2.68. The molecular formula is C22H20ClN3O3S2. The second kappa shape index (κ2) is 6.56. The summed E-state index contributed by atoms with van der Waals surface area (Å²) in [5.41, 5.74) is 0.576. The van der Waals surface area contributed by atoms with Crippen LogP contribution in [0.4, 0.5) is 0 Å². The Morgan fingerprint density at radius 2 is 1.81 bits per heavy atom. The van der Waals surface area contributed by atoms with Crippen molar-refractivity contribution < 1.29 is 9.59 Å². The predicted octanol–water partition coefficient (Wildman–Crippen LogP) is 3.74. The molecule has 3 heterocycles. The van der Waals surface area contributed by atoms with E-state index in [4.69, 9.17) is 11.6 Å². The first-order valence-electron chi connectivity index (χ1n) is 10.3. The predicted molar refractivity (Wildman–Crippen MR) is 121 cm³/mol. The number of thioether (sulfide) groups is 1. The molecule has 0 spiro atoms. The summed E-state index contributed by atoms with van der Waals surface area (Å²) in [6, 6.07) is 7.10. The number of imide groups is 1. The van der Waals surface area contributed by atoms with Gasteiger partial charge in [-0.15, -0.1) is 11.8 Å². The van der Waals surface area contributed by atoms with Crippen LogP contribution in [0.25, 0.3) is 0 Å². The van der Waals surface area contributed by atoms with Crippen LogP contribution in [0.15, 0.2) is 39.2 Å². The highest BCUT2D eigenvalue weighted by atomic mass is 35.5. The monoisotopic (exact) mass is 473 g/mol. The average molecular weight is 474 g/mol. The number of aromatic nitrogens is 1. The average Bonchev–Trinajstić information content (AvgIpc) is 3.44. The van der Waals surface area contributed by atoms with Crippen molar-refractivity contribution in [3.63, 3.8) is 0 Å². The molecule has 6 nitrogen and oxygen atoms in total. The summed E-state index contributed by atoms with van der Waals surface area (Å²) in [7, 11) is 0. The van der Waals surface area contributed by atoms with Crippen molar-refractivity contribution in [3.05, 3.63) is 49.4 Å². The van der Waals surface area contributed by atoms with Crippen LogP contribution in [0, 0.1) is 29.6 Å². The van der Waals surface area contributed by atoms with Crippen LogP contribution in [0.2, 0.25) is 5.02 Å². The van der Waals surface area contributed by atoms with Gasteiger partial charge in [-0.2, -0.15) is 10.1 Å². The number of halogens is 1. The summed E-state index contributed by atoms with van der Waals surface area (Å²) in [6.45, 7) is 4.36. The number of hydrogen-bond acceptors (Lipinski definition) is 6. The van der Waals surface area contributed by atoms with Crippen molar-refractivity contribution in [2.24, 2.45) is 34.7 Å². The van der Waals surface area contributed by atoms with E-state index in [1.807, 2.05) is 0 Å². The first-order valence-corrected chi connectivity index (χ1v) is 12.4. The molecule has 31 heavy (non-hydrogen) atoms. The Hall–Kier alpha value is -1.90. The van der Waals surface area contributed by atoms with E-state index in [0.717, 1.165) is 26.9 Å². The van der Waals surface area contributed by atoms with Gasteiger partial charge >= 0.3 is 4.87 Å². The minimum Gasteiger partial charge on any atom is -0.307 e. The molecule has 160 valence electrons. The van der Waals surface area contributed by atoms with E-state index in [1.54, 1.807) is 42.2 Å². The van der Waals surface area contributed by atoms with Crippen molar-refractivity contribution in [2.45, 2.75) is 36.0 Å². The Bertz CT molecular complexity index is 1200. The molecule has 1 saturated heterocycles. The Balaban J connectivity index is 1.33. The zero-order valence-corrected chi connectivity index (χ0v) is 19.3. The third-order valence-corrected chi connectivity index (χ3v) is 10.6. The van der Waals surface area contributed by atoms with Gasteiger partial charge in [0, 0.05) is 20.6 Å². The van der Waals surface area contributed by atoms with E-state index in [-0.39, 0.29) is 56.9 Å². The summed E-state index contributed by atoms with van der Waals surface area (Å²) in [6.07, 6.45) is 2.44. The maximum Gasteiger partial charge on any atom is 0.305 e. The van der Waals surface area contributed by atoms with E-state index in [2.05, 4.69) is 23.9 Å². The summed E-state index contributed by atoms with van der Waals surface area (Å²) in [5.74, 6) is -0.448. The summed E-state index contributed by atoms with van der Waals surface area (Å²) in [4.78, 5) is 42.6. The third kappa shape index (κ3) is 2.64. The molecule has 0 radical (unpaired) electrons. The molecule has 1 aromatic heterocycles. The molecule has 2 saturated carbocycles. The van der Waals surface area contributed by atoms with Crippen LogP contribution in [-0.2, 0) is 15.0 Å². The molecule has 1 N–H and O–H groups in total. The number of hydrogen-bond donors (Lipinski definition) is 1. The molecular weight excluding hydrogens is 454 g/mol. The van der Waals surface area contributed by atoms with Gasteiger partial charge in [0.15, 0.2) is 0 Å². The third-order valence-electron chi connectivity index (χ3n) is 7.56. The van der Waals surface area contributed by atoms with Crippen molar-refractivity contribution in [1.29, 1.82) is 0 Å². The number of nitrogens with zero attached hydrogens (tertiary/aromatic N) is 2. The second-order valence-electron chi connectivity index (χ2n) is 9.40. The molecule has 2 amide bonds. The van der Waals surface area contributed by atoms with E-state index in [9.17, 15) is 14.4 Å². The lowest BCUT2D eigenvalue weighted by Crippen LogP contribution is -2.48. The van der Waals surface area contributed by atoms with Gasteiger partial charge in [-0.25, -0.2) is 0 Å². The first-order chi connectivity index (χ1) is 14.8. The zero-order chi connectivity index (χ0) is 21.7. The molecule has 4 aliphatic rings. The number of aromatic amines is 1. The number of carbonyl (C=O) groups excluding carboxylic acids is 2. The molecule has 2 aliphatic carbocycles. The normalized spacial score (nSPS) is 35.0. The Kier molecular flexibility index (Phi) is 4.18. The van der Waals surface area contributed by atoms with Crippen LogP contribution in [0.1, 0.15) is 30.7 Å². The van der Waals surface area contributed by atoms with Crippen LogP contribution < -0.4 is 4.87 Å². The van der Waals surface area contributed by atoms with Crippen LogP contribution in [0.3, 0.4) is 0 Å². The van der Waals surface area contributed by atoms with E-state index in [1.165, 1.54) is 11.3 Å². The molecule has 2 aliphatic heterocycles. The molecule has 5 unspecified atom stereocenters. The SMILES string of the molecule is CC1(C)c2sc(=O)[nH]c2S[C@@H]2C3CC(C4C(=O)N(/N=C/c5ccc(Cl)cc5)C(=O)C43)C21. The van der Waals surface area contributed by atoms with Gasteiger partial charge in [-0.05, 0) is 41.9 Å². The number of fused-ring (bicyclic) bond motifs is 9. The summed E-state index contributed by atoms with van der Waals surface area (Å²) < 4.78 is 0. The largest absolute Gasteiger partial charge is 0.307 e. The molecule has 1 aromatic carbocycles. The van der Waals surface area contributed by atoms with E-state index in [0.29, 0.717) is 5.02 Å². The van der Waals surface area contributed by atoms with E-state index >= 15 is 0 Å². The number of benzene rings is 1. The standard InChI is InChI=1S/C22H20ClN3O3S2/c1-22(2)15-11-7-12(16(15)30-18-17(22)31-21(29)25-18)14-13(11)19(27)26(20(14)28)24-8-9-3-5-10(23)6-4-9/h3-6,8,11-16H,7H2,1-2H3,(H,25,29)/b24-8+/t11?,12?,13?,14?,15?,16-/m1/s1. The fraction of sp³-hybridized carbons (Fsp3) is 0.455. The number of thiazole rings is 1. The topological polar surface area (TPSA) is 82.6 Å². The quantitative estimate of drug-likeness (QED) is 0.532.